The van der Waals surface area contributed by atoms with Crippen LogP contribution in [0, 0.1) is 0 Å². The van der Waals surface area contributed by atoms with E-state index in [4.69, 9.17) is 0 Å². The Labute approximate surface area is 132 Å². The van der Waals surface area contributed by atoms with Crippen LogP contribution in [-0.2, 0) is 0 Å². The third-order valence-corrected chi connectivity index (χ3v) is 3.95. The topological polar surface area (TPSA) is 89.9 Å². The average Bonchev–Trinajstić information content (AvgIpc) is 2.97. The number of rotatable bonds is 6. The Kier molecular flexibility index (Phi) is 5.63. The van der Waals surface area contributed by atoms with Crippen LogP contribution >= 0.6 is 0 Å². The van der Waals surface area contributed by atoms with E-state index in [9.17, 15) is 4.79 Å². The zero-order valence-corrected chi connectivity index (χ0v) is 13.9. The van der Waals surface area contributed by atoms with Gasteiger partial charge in [0.2, 0.25) is 0 Å². The van der Waals surface area contributed by atoms with Crippen molar-refractivity contribution in [3.8, 4) is 0 Å². The van der Waals surface area contributed by atoms with Gasteiger partial charge in [-0.1, -0.05) is 0 Å². The van der Waals surface area contributed by atoms with Gasteiger partial charge in [0.1, 0.15) is 0 Å². The standard InChI is InChI=1S/C15H28N6O/c1-9(5-13-7-16-11(3)20-13)18-15(22)19-10(2)6-14-8-17-12(4)21-14/h9-10,13-14H,5-8H2,1-4H3,(H,16,20)(H,17,21)(H2,18,19,22). The smallest absolute Gasteiger partial charge is 0.315 e. The van der Waals surface area contributed by atoms with Gasteiger partial charge in [-0.2, -0.15) is 0 Å². The molecule has 0 aromatic carbocycles. The van der Waals surface area contributed by atoms with Crippen LogP contribution in [0.15, 0.2) is 9.98 Å². The molecule has 7 heteroatoms. The quantitative estimate of drug-likeness (QED) is 0.580. The highest BCUT2D eigenvalue weighted by Gasteiger charge is 2.21. The molecule has 0 aromatic rings. The summed E-state index contributed by atoms with van der Waals surface area (Å²) in [5, 5.41) is 12.6. The Hall–Kier alpha value is -1.79. The molecule has 22 heavy (non-hydrogen) atoms. The molecule has 2 aliphatic rings. The summed E-state index contributed by atoms with van der Waals surface area (Å²) in [7, 11) is 0. The summed E-state index contributed by atoms with van der Waals surface area (Å²) < 4.78 is 0. The van der Waals surface area contributed by atoms with E-state index < -0.39 is 0 Å². The first-order chi connectivity index (χ1) is 10.4. The van der Waals surface area contributed by atoms with Gasteiger partial charge in [-0.15, -0.1) is 0 Å². The minimum atomic E-state index is -0.105. The maximum Gasteiger partial charge on any atom is 0.315 e. The Morgan fingerprint density at radius 1 is 1.05 bits per heavy atom. The van der Waals surface area contributed by atoms with Gasteiger partial charge >= 0.3 is 6.03 Å². The Morgan fingerprint density at radius 2 is 1.45 bits per heavy atom. The molecule has 0 radical (unpaired) electrons. The summed E-state index contributed by atoms with van der Waals surface area (Å²) in [5.41, 5.74) is 0. The first-order valence-electron chi connectivity index (χ1n) is 8.04. The van der Waals surface area contributed by atoms with Crippen molar-refractivity contribution in [2.24, 2.45) is 9.98 Å². The summed E-state index contributed by atoms with van der Waals surface area (Å²) in [4.78, 5) is 20.7. The molecule has 2 aliphatic heterocycles. The fourth-order valence-corrected chi connectivity index (χ4v) is 3.00. The fraction of sp³-hybridized carbons (Fsp3) is 0.800. The van der Waals surface area contributed by atoms with Crippen molar-refractivity contribution in [1.29, 1.82) is 0 Å². The molecule has 7 nitrogen and oxygen atoms in total. The van der Waals surface area contributed by atoms with E-state index in [2.05, 4.69) is 31.3 Å². The first kappa shape index (κ1) is 16.6. The van der Waals surface area contributed by atoms with Crippen LogP contribution in [0.1, 0.15) is 40.5 Å². The lowest BCUT2D eigenvalue weighted by Crippen LogP contribution is -2.48. The molecule has 0 fully saturated rings. The van der Waals surface area contributed by atoms with E-state index in [1.54, 1.807) is 0 Å². The lowest BCUT2D eigenvalue weighted by Gasteiger charge is -2.22. The summed E-state index contributed by atoms with van der Waals surface area (Å²) in [5.74, 6) is 1.97. The number of amides is 2. The van der Waals surface area contributed by atoms with Crippen LogP contribution in [0.3, 0.4) is 0 Å². The van der Waals surface area contributed by atoms with Gasteiger partial charge in [-0.05, 0) is 40.5 Å². The van der Waals surface area contributed by atoms with Crippen molar-refractivity contribution in [3.63, 3.8) is 0 Å². The van der Waals surface area contributed by atoms with Gasteiger partial charge in [0.25, 0.3) is 0 Å². The van der Waals surface area contributed by atoms with Crippen molar-refractivity contribution in [3.05, 3.63) is 0 Å². The van der Waals surface area contributed by atoms with Crippen LogP contribution in [0.25, 0.3) is 0 Å². The third-order valence-electron chi connectivity index (χ3n) is 3.95. The molecule has 0 aromatic heterocycles. The largest absolute Gasteiger partial charge is 0.369 e. The van der Waals surface area contributed by atoms with Gasteiger partial charge in [0, 0.05) is 24.2 Å². The van der Waals surface area contributed by atoms with Crippen LogP contribution in [-0.4, -0.2) is 55.0 Å². The first-order valence-corrected chi connectivity index (χ1v) is 8.04. The number of nitrogens with zero attached hydrogens (tertiary/aromatic N) is 2. The van der Waals surface area contributed by atoms with Crippen LogP contribution in [0.4, 0.5) is 4.79 Å². The fourth-order valence-electron chi connectivity index (χ4n) is 3.00. The van der Waals surface area contributed by atoms with Gasteiger partial charge in [0.15, 0.2) is 0 Å². The van der Waals surface area contributed by atoms with Crippen molar-refractivity contribution in [1.82, 2.24) is 21.3 Å². The summed E-state index contributed by atoms with van der Waals surface area (Å²) >= 11 is 0. The predicted molar refractivity (Wildman–Crippen MR) is 89.6 cm³/mol. The van der Waals surface area contributed by atoms with Crippen LogP contribution < -0.4 is 21.3 Å². The maximum atomic E-state index is 12.0. The molecule has 2 amide bonds. The highest BCUT2D eigenvalue weighted by atomic mass is 16.2. The molecule has 0 aliphatic carbocycles. The predicted octanol–water partition coefficient (Wildman–Crippen LogP) is 0.623. The molecule has 124 valence electrons. The lowest BCUT2D eigenvalue weighted by atomic mass is 10.1. The Bertz CT molecular complexity index is 421. The van der Waals surface area contributed by atoms with Gasteiger partial charge in [0.05, 0.1) is 24.8 Å². The summed E-state index contributed by atoms with van der Waals surface area (Å²) in [6.07, 6.45) is 1.75. The molecule has 2 rings (SSSR count). The highest BCUT2D eigenvalue weighted by Crippen LogP contribution is 2.06. The molecule has 0 saturated heterocycles. The van der Waals surface area contributed by atoms with Crippen molar-refractivity contribution < 1.29 is 4.79 Å². The number of aliphatic imine (C=N–C) groups is 2. The van der Waals surface area contributed by atoms with E-state index in [0.717, 1.165) is 37.6 Å². The normalized spacial score (nSPS) is 26.4. The zero-order valence-electron chi connectivity index (χ0n) is 13.9. The lowest BCUT2D eigenvalue weighted by molar-refractivity contribution is 0.232. The second-order valence-corrected chi connectivity index (χ2v) is 6.43. The van der Waals surface area contributed by atoms with Crippen molar-refractivity contribution in [2.45, 2.75) is 64.7 Å². The highest BCUT2D eigenvalue weighted by molar-refractivity contribution is 5.81. The van der Waals surface area contributed by atoms with E-state index >= 15 is 0 Å². The number of hydrogen-bond donors (Lipinski definition) is 4. The SMILES string of the molecule is CC1=NCC(CC(C)NC(=O)NC(C)CC2CN=C(C)N2)N1. The second-order valence-electron chi connectivity index (χ2n) is 6.43. The summed E-state index contributed by atoms with van der Waals surface area (Å²) in [6.45, 7) is 9.57. The molecular formula is C15H28N6O. The average molecular weight is 308 g/mol. The molecule has 4 N–H and O–H groups in total. The Balaban J connectivity index is 1.62. The second kappa shape index (κ2) is 7.47. The van der Waals surface area contributed by atoms with Crippen molar-refractivity contribution >= 4 is 17.7 Å². The maximum absolute atomic E-state index is 12.0. The van der Waals surface area contributed by atoms with Crippen molar-refractivity contribution in [2.75, 3.05) is 13.1 Å². The van der Waals surface area contributed by atoms with E-state index in [0.29, 0.717) is 12.1 Å². The molecule has 2 heterocycles. The number of nitrogens with one attached hydrogen (secondary N) is 4. The third kappa shape index (κ3) is 5.20. The van der Waals surface area contributed by atoms with Gasteiger partial charge < -0.3 is 21.3 Å². The van der Waals surface area contributed by atoms with Gasteiger partial charge in [-0.3, -0.25) is 9.98 Å². The molecular weight excluding hydrogens is 280 g/mol. The number of hydrogen-bond acceptors (Lipinski definition) is 5. The van der Waals surface area contributed by atoms with E-state index in [1.807, 2.05) is 27.7 Å². The van der Waals surface area contributed by atoms with E-state index in [-0.39, 0.29) is 18.1 Å². The van der Waals surface area contributed by atoms with Crippen LogP contribution in [0.5, 0.6) is 0 Å². The number of urea groups is 1. The van der Waals surface area contributed by atoms with Crippen LogP contribution in [0.2, 0.25) is 0 Å². The zero-order chi connectivity index (χ0) is 16.1. The molecule has 0 saturated carbocycles. The molecule has 4 unspecified atom stereocenters. The van der Waals surface area contributed by atoms with E-state index in [1.165, 1.54) is 0 Å². The van der Waals surface area contributed by atoms with Gasteiger partial charge in [-0.25, -0.2) is 4.79 Å². The molecule has 4 atom stereocenters. The molecule has 0 spiro atoms. The summed E-state index contributed by atoms with van der Waals surface area (Å²) in [6, 6.07) is 0.777. The minimum absolute atomic E-state index is 0.105. The number of carbonyl (C=O) groups excluding carboxylic acids is 1. The molecule has 0 bridgehead atoms. The Morgan fingerprint density at radius 3 is 1.77 bits per heavy atom. The number of amidine groups is 2. The monoisotopic (exact) mass is 308 g/mol. The minimum Gasteiger partial charge on any atom is -0.369 e. The number of carbonyl (C=O) groups is 1.